The van der Waals surface area contributed by atoms with Crippen LogP contribution in [0.4, 0.5) is 8.78 Å². The minimum Gasteiger partial charge on any atom is -0.478 e. The normalized spacial score (nSPS) is 10.6. The monoisotopic (exact) mass is 279 g/mol. The number of rotatable bonds is 2. The molecule has 0 saturated heterocycles. The van der Waals surface area contributed by atoms with Crippen molar-refractivity contribution in [2.24, 2.45) is 0 Å². The summed E-state index contributed by atoms with van der Waals surface area (Å²) in [5, 5.41) is 9.15. The summed E-state index contributed by atoms with van der Waals surface area (Å²) < 4.78 is 27.6. The van der Waals surface area contributed by atoms with Gasteiger partial charge in [-0.2, -0.15) is 0 Å². The van der Waals surface area contributed by atoms with Crippen molar-refractivity contribution in [3.05, 3.63) is 63.1 Å². The van der Waals surface area contributed by atoms with Gasteiger partial charge in [-0.1, -0.05) is 0 Å². The van der Waals surface area contributed by atoms with E-state index >= 15 is 0 Å². The van der Waals surface area contributed by atoms with Crippen LogP contribution >= 0.6 is 0 Å². The molecule has 2 rings (SSSR count). The van der Waals surface area contributed by atoms with E-state index in [0.29, 0.717) is 11.6 Å². The van der Waals surface area contributed by atoms with E-state index in [-0.39, 0.29) is 16.9 Å². The van der Waals surface area contributed by atoms with Gasteiger partial charge in [0.25, 0.3) is 5.56 Å². The highest BCUT2D eigenvalue weighted by Gasteiger charge is 2.18. The van der Waals surface area contributed by atoms with Gasteiger partial charge in [-0.05, 0) is 31.5 Å². The molecule has 104 valence electrons. The number of nitrogens with zero attached hydrogens (tertiary/aromatic N) is 1. The van der Waals surface area contributed by atoms with Crippen LogP contribution in [0.1, 0.15) is 21.6 Å². The Morgan fingerprint density at radius 2 is 1.85 bits per heavy atom. The molecular formula is C14H11F2NO3. The van der Waals surface area contributed by atoms with Gasteiger partial charge in [-0.15, -0.1) is 0 Å². The second-order valence-electron chi connectivity index (χ2n) is 4.36. The maximum absolute atomic E-state index is 13.8. The van der Waals surface area contributed by atoms with E-state index < -0.39 is 23.2 Å². The molecule has 1 heterocycles. The van der Waals surface area contributed by atoms with Gasteiger partial charge in [0.15, 0.2) is 0 Å². The molecule has 0 spiro atoms. The third kappa shape index (κ3) is 2.20. The molecule has 0 aliphatic carbocycles. The summed E-state index contributed by atoms with van der Waals surface area (Å²) in [4.78, 5) is 23.2. The van der Waals surface area contributed by atoms with Crippen LogP contribution in [0.3, 0.4) is 0 Å². The van der Waals surface area contributed by atoms with E-state index in [1.165, 1.54) is 13.8 Å². The second-order valence-corrected chi connectivity index (χ2v) is 4.36. The Morgan fingerprint density at radius 3 is 2.40 bits per heavy atom. The molecular weight excluding hydrogens is 268 g/mol. The van der Waals surface area contributed by atoms with Crippen LogP contribution < -0.4 is 5.56 Å². The molecule has 0 amide bonds. The fraction of sp³-hybridized carbons (Fsp3) is 0.143. The van der Waals surface area contributed by atoms with Crippen LogP contribution in [-0.2, 0) is 0 Å². The molecule has 6 heteroatoms. The Labute approximate surface area is 112 Å². The Bertz CT molecular complexity index is 766. The first-order chi connectivity index (χ1) is 9.32. The fourth-order valence-electron chi connectivity index (χ4n) is 2.17. The summed E-state index contributed by atoms with van der Waals surface area (Å²) in [5.41, 5.74) is -0.452. The Balaban J connectivity index is 2.84. The average Bonchev–Trinajstić information content (AvgIpc) is 2.30. The smallest absolute Gasteiger partial charge is 0.337 e. The highest BCUT2D eigenvalue weighted by molar-refractivity contribution is 5.90. The van der Waals surface area contributed by atoms with Crippen molar-refractivity contribution in [2.45, 2.75) is 13.8 Å². The Kier molecular flexibility index (Phi) is 3.40. The van der Waals surface area contributed by atoms with Gasteiger partial charge in [0.1, 0.15) is 11.6 Å². The SMILES string of the molecule is Cc1cc(=O)n(-c2ccc(F)cc2F)c(C)c1C(=O)O. The van der Waals surface area contributed by atoms with Crippen LogP contribution in [0.15, 0.2) is 29.1 Å². The van der Waals surface area contributed by atoms with Crippen molar-refractivity contribution in [2.75, 3.05) is 0 Å². The number of carboxylic acid groups (broad SMARTS) is 1. The van der Waals surface area contributed by atoms with E-state index in [9.17, 15) is 18.4 Å². The zero-order valence-corrected chi connectivity index (χ0v) is 10.8. The third-order valence-corrected chi connectivity index (χ3v) is 3.02. The van der Waals surface area contributed by atoms with Crippen molar-refractivity contribution in [1.29, 1.82) is 0 Å². The van der Waals surface area contributed by atoms with Crippen LogP contribution in [0.5, 0.6) is 0 Å². The number of pyridine rings is 1. The van der Waals surface area contributed by atoms with Gasteiger partial charge in [0.05, 0.1) is 11.3 Å². The van der Waals surface area contributed by atoms with Crippen molar-refractivity contribution in [1.82, 2.24) is 4.57 Å². The molecule has 1 aromatic carbocycles. The van der Waals surface area contributed by atoms with Crippen molar-refractivity contribution in [3.63, 3.8) is 0 Å². The molecule has 0 aliphatic heterocycles. The molecule has 2 aromatic rings. The minimum absolute atomic E-state index is 0.0756. The molecule has 0 radical (unpaired) electrons. The van der Waals surface area contributed by atoms with Crippen LogP contribution in [0.25, 0.3) is 5.69 Å². The molecule has 0 unspecified atom stereocenters. The van der Waals surface area contributed by atoms with E-state index in [2.05, 4.69) is 0 Å². The van der Waals surface area contributed by atoms with Crippen LogP contribution in [0.2, 0.25) is 0 Å². The molecule has 1 aromatic heterocycles. The average molecular weight is 279 g/mol. The number of hydrogen-bond acceptors (Lipinski definition) is 2. The molecule has 0 saturated carbocycles. The maximum atomic E-state index is 13.8. The number of hydrogen-bond donors (Lipinski definition) is 1. The molecule has 1 N–H and O–H groups in total. The summed E-state index contributed by atoms with van der Waals surface area (Å²) in [6.07, 6.45) is 0. The van der Waals surface area contributed by atoms with Crippen molar-refractivity contribution < 1.29 is 18.7 Å². The first-order valence-corrected chi connectivity index (χ1v) is 5.75. The van der Waals surface area contributed by atoms with Gasteiger partial charge >= 0.3 is 5.97 Å². The zero-order chi connectivity index (χ0) is 15.0. The van der Waals surface area contributed by atoms with Gasteiger partial charge in [-0.3, -0.25) is 9.36 Å². The summed E-state index contributed by atoms with van der Waals surface area (Å²) in [6.45, 7) is 2.89. The van der Waals surface area contributed by atoms with Crippen molar-refractivity contribution in [3.8, 4) is 5.69 Å². The van der Waals surface area contributed by atoms with Crippen LogP contribution in [0, 0.1) is 25.5 Å². The topological polar surface area (TPSA) is 59.3 Å². The second kappa shape index (κ2) is 4.88. The third-order valence-electron chi connectivity index (χ3n) is 3.02. The summed E-state index contributed by atoms with van der Waals surface area (Å²) >= 11 is 0. The van der Waals surface area contributed by atoms with Gasteiger partial charge in [0, 0.05) is 17.8 Å². The highest BCUT2D eigenvalue weighted by atomic mass is 19.1. The number of halogens is 2. The fourth-order valence-corrected chi connectivity index (χ4v) is 2.17. The number of aromatic nitrogens is 1. The number of carbonyl (C=O) groups is 1. The molecule has 0 atom stereocenters. The quantitative estimate of drug-likeness (QED) is 0.918. The lowest BCUT2D eigenvalue weighted by molar-refractivity contribution is 0.0694. The number of benzene rings is 1. The number of carboxylic acids is 1. The molecule has 20 heavy (non-hydrogen) atoms. The lowest BCUT2D eigenvalue weighted by Gasteiger charge is -2.14. The maximum Gasteiger partial charge on any atom is 0.337 e. The van der Waals surface area contributed by atoms with E-state index in [0.717, 1.165) is 22.8 Å². The summed E-state index contributed by atoms with van der Waals surface area (Å²) in [7, 11) is 0. The Hall–Kier alpha value is -2.50. The Morgan fingerprint density at radius 1 is 1.20 bits per heavy atom. The van der Waals surface area contributed by atoms with E-state index in [1.807, 2.05) is 0 Å². The van der Waals surface area contributed by atoms with Crippen molar-refractivity contribution >= 4 is 5.97 Å². The first kappa shape index (κ1) is 13.9. The lowest BCUT2D eigenvalue weighted by Crippen LogP contribution is -2.24. The largest absolute Gasteiger partial charge is 0.478 e. The van der Waals surface area contributed by atoms with Crippen LogP contribution in [-0.4, -0.2) is 15.6 Å². The minimum atomic E-state index is -1.21. The molecule has 4 nitrogen and oxygen atoms in total. The molecule has 0 fully saturated rings. The standard InChI is InChI=1S/C14H11F2NO3/c1-7-5-12(18)17(8(2)13(7)14(19)20)11-4-3-9(15)6-10(11)16/h3-6H,1-2H3,(H,19,20). The molecule has 0 bridgehead atoms. The first-order valence-electron chi connectivity index (χ1n) is 5.75. The molecule has 0 aliphatic rings. The predicted molar refractivity (Wildman–Crippen MR) is 68.4 cm³/mol. The summed E-state index contributed by atoms with van der Waals surface area (Å²) in [5.74, 6) is -2.92. The summed E-state index contributed by atoms with van der Waals surface area (Å²) in [6, 6.07) is 3.85. The lowest BCUT2D eigenvalue weighted by atomic mass is 10.1. The van der Waals surface area contributed by atoms with E-state index in [1.54, 1.807) is 0 Å². The van der Waals surface area contributed by atoms with Gasteiger partial charge in [-0.25, -0.2) is 13.6 Å². The van der Waals surface area contributed by atoms with Gasteiger partial charge < -0.3 is 5.11 Å². The van der Waals surface area contributed by atoms with Gasteiger partial charge in [0.2, 0.25) is 0 Å². The van der Waals surface area contributed by atoms with E-state index in [4.69, 9.17) is 5.11 Å². The zero-order valence-electron chi connectivity index (χ0n) is 10.8. The number of aryl methyl sites for hydroxylation is 1. The highest BCUT2D eigenvalue weighted by Crippen LogP contribution is 2.18. The number of aromatic carboxylic acids is 1. The predicted octanol–water partition coefficient (Wildman–Crippen LogP) is 2.43.